The van der Waals surface area contributed by atoms with Crippen molar-refractivity contribution in [2.24, 2.45) is 0 Å². The van der Waals surface area contributed by atoms with Crippen LogP contribution in [0.4, 0.5) is 0 Å². The van der Waals surface area contributed by atoms with Gasteiger partial charge in [-0.1, -0.05) is 205 Å². The Morgan fingerprint density at radius 2 is 0.612 bits per heavy atom. The topological polar surface area (TPSA) is 78.9 Å². The van der Waals surface area contributed by atoms with E-state index in [1.54, 1.807) is 0 Å². The minimum Gasteiger partial charge on any atom is -0.462 e. The van der Waals surface area contributed by atoms with Crippen LogP contribution in [0.2, 0.25) is 0 Å². The maximum atomic E-state index is 12.8. The summed E-state index contributed by atoms with van der Waals surface area (Å²) in [6.45, 7) is 6.24. The first-order chi connectivity index (χ1) is 33.0. The fourth-order valence-corrected chi connectivity index (χ4v) is 6.41. The average molecular weight is 923 g/mol. The summed E-state index contributed by atoms with van der Waals surface area (Å²) < 4.78 is 16.7. The molecule has 0 unspecified atom stereocenters. The molecule has 67 heavy (non-hydrogen) atoms. The van der Waals surface area contributed by atoms with Gasteiger partial charge in [0.2, 0.25) is 0 Å². The summed E-state index contributed by atoms with van der Waals surface area (Å²) in [7, 11) is 0. The molecule has 0 aromatic carbocycles. The Labute approximate surface area is 410 Å². The third-order valence-electron chi connectivity index (χ3n) is 10.3. The van der Waals surface area contributed by atoms with E-state index in [2.05, 4.69) is 154 Å². The maximum Gasteiger partial charge on any atom is 0.306 e. The number of hydrogen-bond donors (Lipinski definition) is 0. The van der Waals surface area contributed by atoms with Crippen molar-refractivity contribution >= 4 is 17.9 Å². The monoisotopic (exact) mass is 923 g/mol. The zero-order chi connectivity index (χ0) is 48.6. The minimum atomic E-state index is -0.832. The average Bonchev–Trinajstić information content (AvgIpc) is 3.33. The fraction of sp³-hybridized carbons (Fsp3) is 0.557. The Kier molecular flexibility index (Phi) is 50.1. The lowest BCUT2D eigenvalue weighted by Gasteiger charge is -2.18. The van der Waals surface area contributed by atoms with Crippen molar-refractivity contribution in [3.8, 4) is 0 Å². The molecule has 0 rings (SSSR count). The van der Waals surface area contributed by atoms with E-state index in [0.717, 1.165) is 141 Å². The third-order valence-corrected chi connectivity index (χ3v) is 10.3. The van der Waals surface area contributed by atoms with E-state index in [-0.39, 0.29) is 44.0 Å². The van der Waals surface area contributed by atoms with E-state index >= 15 is 0 Å². The number of allylic oxidation sites excluding steroid dienone is 24. The number of esters is 3. The summed E-state index contributed by atoms with van der Waals surface area (Å²) >= 11 is 0. The van der Waals surface area contributed by atoms with Gasteiger partial charge in [0, 0.05) is 19.3 Å². The van der Waals surface area contributed by atoms with E-state index in [9.17, 15) is 14.4 Å². The molecule has 374 valence electrons. The third kappa shape index (κ3) is 52.1. The van der Waals surface area contributed by atoms with Crippen molar-refractivity contribution in [1.82, 2.24) is 0 Å². The highest BCUT2D eigenvalue weighted by Gasteiger charge is 2.19. The number of carbonyl (C=O) groups is 3. The molecule has 0 heterocycles. The Morgan fingerprint density at radius 1 is 0.313 bits per heavy atom. The summed E-state index contributed by atoms with van der Waals surface area (Å²) in [5, 5.41) is 0. The highest BCUT2D eigenvalue weighted by molar-refractivity contribution is 5.71. The molecular formula is C61H94O6. The van der Waals surface area contributed by atoms with E-state index in [1.165, 1.54) is 12.8 Å². The van der Waals surface area contributed by atoms with Gasteiger partial charge in [-0.05, 0) is 122 Å². The smallest absolute Gasteiger partial charge is 0.306 e. The largest absolute Gasteiger partial charge is 0.462 e. The maximum absolute atomic E-state index is 12.8. The molecule has 0 aromatic heterocycles. The molecule has 6 nitrogen and oxygen atoms in total. The van der Waals surface area contributed by atoms with Crippen LogP contribution in [0.25, 0.3) is 0 Å². The molecule has 1 atom stereocenters. The summed E-state index contributed by atoms with van der Waals surface area (Å²) in [6.07, 6.45) is 77.0. The first-order valence-corrected chi connectivity index (χ1v) is 26.3. The van der Waals surface area contributed by atoms with E-state index in [0.29, 0.717) is 12.8 Å². The molecule has 0 radical (unpaired) electrons. The standard InChI is InChI=1S/C61H94O6/c1-4-7-10-13-16-19-22-24-26-28-30-32-34-36-39-41-44-47-50-53-59(62)65-56-58(67-61(64)55-52-49-46-43-38-21-18-15-12-9-6-3)57-66-60(63)54-51-48-45-42-40-37-35-33-31-29-27-25-23-20-17-14-11-8-5-2/h7-8,10-11,15-20,24-27,30-33,36-37,39-40,44,47,58H,4-6,9,12-14,21-23,28-29,34-35,38,41-43,45-46,48-57H2,1-3H3/b10-7-,11-8-,18-15-,19-16-,20-17-,26-24-,27-25-,32-30-,33-31-,39-36-,40-37-,47-44-/t58-/m1/s1. The van der Waals surface area contributed by atoms with Crippen LogP contribution < -0.4 is 0 Å². The van der Waals surface area contributed by atoms with Crippen LogP contribution in [0, 0.1) is 0 Å². The predicted molar refractivity (Wildman–Crippen MR) is 288 cm³/mol. The van der Waals surface area contributed by atoms with Crippen LogP contribution >= 0.6 is 0 Å². The van der Waals surface area contributed by atoms with Gasteiger partial charge in [-0.25, -0.2) is 0 Å². The van der Waals surface area contributed by atoms with Gasteiger partial charge in [0.1, 0.15) is 13.2 Å². The lowest BCUT2D eigenvalue weighted by atomic mass is 10.1. The molecule has 0 saturated heterocycles. The molecule has 0 bridgehead atoms. The first-order valence-electron chi connectivity index (χ1n) is 26.3. The van der Waals surface area contributed by atoms with Crippen LogP contribution in [0.1, 0.15) is 201 Å². The molecule has 0 spiro atoms. The summed E-state index contributed by atoms with van der Waals surface area (Å²) in [5.41, 5.74) is 0. The second-order valence-corrected chi connectivity index (χ2v) is 16.7. The van der Waals surface area contributed by atoms with Crippen molar-refractivity contribution in [3.05, 3.63) is 146 Å². The Bertz CT molecular complexity index is 1530. The van der Waals surface area contributed by atoms with Crippen LogP contribution in [0.5, 0.6) is 0 Å². The van der Waals surface area contributed by atoms with Crippen molar-refractivity contribution in [3.63, 3.8) is 0 Å². The van der Waals surface area contributed by atoms with Crippen molar-refractivity contribution < 1.29 is 28.6 Å². The van der Waals surface area contributed by atoms with Crippen LogP contribution in [0.3, 0.4) is 0 Å². The SMILES string of the molecule is CC/C=C\C/C=C\C/C=C\C/C=C\C/C=C\C/C=C\CCC(=O)OC[C@H](COC(=O)CCCCC/C=C\C/C=C\C/C=C\C/C=C\C/C=C\CC)OC(=O)CCCCCCC/C=C\CCCC. The summed E-state index contributed by atoms with van der Waals surface area (Å²) in [4.78, 5) is 38.0. The molecule has 0 aliphatic carbocycles. The predicted octanol–water partition coefficient (Wildman–Crippen LogP) is 17.6. The van der Waals surface area contributed by atoms with Gasteiger partial charge in [0.25, 0.3) is 0 Å². The zero-order valence-electron chi connectivity index (χ0n) is 42.6. The van der Waals surface area contributed by atoms with Gasteiger partial charge >= 0.3 is 17.9 Å². The zero-order valence-corrected chi connectivity index (χ0v) is 42.6. The van der Waals surface area contributed by atoms with Crippen LogP contribution in [-0.4, -0.2) is 37.2 Å². The van der Waals surface area contributed by atoms with Gasteiger partial charge in [-0.3, -0.25) is 14.4 Å². The number of carbonyl (C=O) groups excluding carboxylic acids is 3. The molecule has 0 N–H and O–H groups in total. The summed E-state index contributed by atoms with van der Waals surface area (Å²) in [5.74, 6) is -1.07. The molecular weight excluding hydrogens is 829 g/mol. The molecule has 0 fully saturated rings. The van der Waals surface area contributed by atoms with Gasteiger partial charge < -0.3 is 14.2 Å². The number of hydrogen-bond acceptors (Lipinski definition) is 6. The lowest BCUT2D eigenvalue weighted by molar-refractivity contribution is -0.166. The van der Waals surface area contributed by atoms with Gasteiger partial charge in [-0.2, -0.15) is 0 Å². The van der Waals surface area contributed by atoms with Gasteiger partial charge in [0.15, 0.2) is 6.10 Å². The van der Waals surface area contributed by atoms with Crippen molar-refractivity contribution in [1.29, 1.82) is 0 Å². The van der Waals surface area contributed by atoms with E-state index in [1.807, 2.05) is 12.2 Å². The Hall–Kier alpha value is -4.71. The van der Waals surface area contributed by atoms with Crippen molar-refractivity contribution in [2.75, 3.05) is 13.2 Å². The summed E-state index contributed by atoms with van der Waals surface area (Å²) in [6, 6.07) is 0. The number of ether oxygens (including phenoxy) is 3. The molecule has 0 aliphatic heterocycles. The van der Waals surface area contributed by atoms with E-state index < -0.39 is 6.10 Å². The first kappa shape index (κ1) is 62.3. The molecule has 0 aromatic rings. The highest BCUT2D eigenvalue weighted by Crippen LogP contribution is 2.12. The van der Waals surface area contributed by atoms with Crippen LogP contribution in [0.15, 0.2) is 146 Å². The molecule has 0 saturated carbocycles. The highest BCUT2D eigenvalue weighted by atomic mass is 16.6. The molecule has 0 aliphatic rings. The Morgan fingerprint density at radius 3 is 1.03 bits per heavy atom. The molecule has 0 amide bonds. The second-order valence-electron chi connectivity index (χ2n) is 16.7. The number of unbranched alkanes of at least 4 members (excludes halogenated alkanes) is 10. The Balaban J connectivity index is 4.55. The van der Waals surface area contributed by atoms with Crippen molar-refractivity contribution in [2.45, 2.75) is 207 Å². The number of rotatable bonds is 45. The van der Waals surface area contributed by atoms with E-state index in [4.69, 9.17) is 14.2 Å². The van der Waals surface area contributed by atoms with Crippen LogP contribution in [-0.2, 0) is 28.6 Å². The minimum absolute atomic E-state index is 0.128. The lowest BCUT2D eigenvalue weighted by Crippen LogP contribution is -2.30. The van der Waals surface area contributed by atoms with Gasteiger partial charge in [0.05, 0.1) is 0 Å². The quantitative estimate of drug-likeness (QED) is 0.0262. The normalized spacial score (nSPS) is 13.3. The second kappa shape index (κ2) is 53.9. The fourth-order valence-electron chi connectivity index (χ4n) is 6.41. The van der Waals surface area contributed by atoms with Gasteiger partial charge in [-0.15, -0.1) is 0 Å². The molecule has 6 heteroatoms.